The Labute approximate surface area is 137 Å². The number of carbonyl (C=O) groups is 1. The van der Waals surface area contributed by atoms with E-state index in [4.69, 9.17) is 5.26 Å². The molecule has 0 aliphatic carbocycles. The molecule has 2 aromatic rings. The van der Waals surface area contributed by atoms with Crippen molar-refractivity contribution in [3.05, 3.63) is 37.4 Å². The van der Waals surface area contributed by atoms with Crippen LogP contribution >= 0.6 is 38.6 Å². The number of thiophene rings is 1. The smallest absolute Gasteiger partial charge is 0.327 e. The third-order valence-corrected chi connectivity index (χ3v) is 5.45. The molecular formula is C13H10BrN3O2S2. The minimum Gasteiger partial charge on any atom is -0.480 e. The summed E-state index contributed by atoms with van der Waals surface area (Å²) < 4.78 is 0.735. The Bertz CT molecular complexity index is 703. The minimum atomic E-state index is -1.30. The quantitative estimate of drug-likeness (QED) is 0.796. The SMILES string of the molecule is CC(N=C(c1sccc1Br)C(C#N)C(=O)O)c1nccs1. The number of nitrogens with zero attached hydrogens (tertiary/aromatic N) is 3. The molecule has 2 atom stereocenters. The summed E-state index contributed by atoms with van der Waals surface area (Å²) in [5, 5.41) is 22.8. The Morgan fingerprint density at radius 2 is 2.29 bits per heavy atom. The average molecular weight is 384 g/mol. The molecule has 108 valence electrons. The monoisotopic (exact) mass is 383 g/mol. The number of rotatable bonds is 5. The van der Waals surface area contributed by atoms with E-state index in [1.165, 1.54) is 22.7 Å². The molecule has 8 heteroatoms. The molecule has 0 saturated heterocycles. The summed E-state index contributed by atoms with van der Waals surface area (Å²) in [4.78, 5) is 20.6. The number of nitriles is 1. The van der Waals surface area contributed by atoms with E-state index in [0.717, 1.165) is 9.48 Å². The standard InChI is InChI=1S/C13H10BrN3O2S2/c1-7(12-16-3-5-21-12)17-10(8(6-15)13(18)19)11-9(14)2-4-20-11/h2-5,7-8H,1H3,(H,18,19). The highest BCUT2D eigenvalue weighted by molar-refractivity contribution is 9.10. The maximum absolute atomic E-state index is 11.3. The number of carboxylic acid groups (broad SMARTS) is 1. The molecule has 2 rings (SSSR count). The fourth-order valence-electron chi connectivity index (χ4n) is 1.68. The van der Waals surface area contributed by atoms with Crippen molar-refractivity contribution >= 4 is 50.3 Å². The Kier molecular flexibility index (Phi) is 5.22. The third kappa shape index (κ3) is 3.56. The van der Waals surface area contributed by atoms with E-state index in [1.54, 1.807) is 18.3 Å². The van der Waals surface area contributed by atoms with Crippen LogP contribution in [0.5, 0.6) is 0 Å². The third-order valence-electron chi connectivity index (χ3n) is 2.64. The maximum atomic E-state index is 11.3. The number of hydrogen-bond donors (Lipinski definition) is 1. The first-order valence-corrected chi connectivity index (χ1v) is 8.42. The first kappa shape index (κ1) is 15.8. The molecule has 1 N–H and O–H groups in total. The van der Waals surface area contributed by atoms with E-state index in [2.05, 4.69) is 25.9 Å². The fourth-order valence-corrected chi connectivity index (χ4v) is 3.91. The molecule has 0 aromatic carbocycles. The Morgan fingerprint density at radius 1 is 1.52 bits per heavy atom. The summed E-state index contributed by atoms with van der Waals surface area (Å²) in [6.07, 6.45) is 1.67. The number of thiazole rings is 1. The molecule has 5 nitrogen and oxygen atoms in total. The second-order valence-corrected chi connectivity index (χ2v) is 6.76. The number of aromatic nitrogens is 1. The van der Waals surface area contributed by atoms with Crippen molar-refractivity contribution in [2.45, 2.75) is 13.0 Å². The molecule has 0 spiro atoms. The second-order valence-electron chi connectivity index (χ2n) is 4.06. The summed E-state index contributed by atoms with van der Waals surface area (Å²) in [5.41, 5.74) is 0.259. The normalized spacial score (nSPS) is 14.4. The van der Waals surface area contributed by atoms with Crippen molar-refractivity contribution < 1.29 is 9.90 Å². The van der Waals surface area contributed by atoms with Crippen LogP contribution in [-0.4, -0.2) is 21.8 Å². The van der Waals surface area contributed by atoms with Crippen LogP contribution in [0, 0.1) is 17.2 Å². The van der Waals surface area contributed by atoms with Gasteiger partial charge in [-0.25, -0.2) is 4.98 Å². The van der Waals surface area contributed by atoms with Gasteiger partial charge in [-0.2, -0.15) is 5.26 Å². The lowest BCUT2D eigenvalue weighted by Gasteiger charge is -2.11. The molecule has 2 unspecified atom stereocenters. The number of aliphatic imine (C=N–C) groups is 1. The molecule has 0 radical (unpaired) electrons. The van der Waals surface area contributed by atoms with E-state index in [1.807, 2.05) is 17.7 Å². The first-order valence-electron chi connectivity index (χ1n) is 5.87. The van der Waals surface area contributed by atoms with Crippen molar-refractivity contribution in [2.75, 3.05) is 0 Å². The van der Waals surface area contributed by atoms with Crippen molar-refractivity contribution in [3.8, 4) is 6.07 Å². The van der Waals surface area contributed by atoms with E-state index in [9.17, 15) is 9.90 Å². The molecule has 0 aliphatic heterocycles. The highest BCUT2D eigenvalue weighted by Gasteiger charge is 2.28. The summed E-state index contributed by atoms with van der Waals surface area (Å²) in [7, 11) is 0. The van der Waals surface area contributed by atoms with Gasteiger partial charge in [0.1, 0.15) is 5.01 Å². The van der Waals surface area contributed by atoms with Crippen LogP contribution in [-0.2, 0) is 4.79 Å². The summed E-state index contributed by atoms with van der Waals surface area (Å²) >= 11 is 6.16. The highest BCUT2D eigenvalue weighted by atomic mass is 79.9. The van der Waals surface area contributed by atoms with Crippen molar-refractivity contribution in [3.63, 3.8) is 0 Å². The number of hydrogen-bond acceptors (Lipinski definition) is 6. The van der Waals surface area contributed by atoms with Crippen LogP contribution in [0.4, 0.5) is 0 Å². The van der Waals surface area contributed by atoms with Crippen LogP contribution in [0.15, 0.2) is 32.5 Å². The average Bonchev–Trinajstić information content (AvgIpc) is 3.08. The van der Waals surface area contributed by atoms with E-state index in [-0.39, 0.29) is 11.8 Å². The molecule has 2 heterocycles. The van der Waals surface area contributed by atoms with Gasteiger partial charge in [-0.1, -0.05) is 0 Å². The number of aliphatic carboxylic acids is 1. The lowest BCUT2D eigenvalue weighted by molar-refractivity contribution is -0.137. The van der Waals surface area contributed by atoms with E-state index in [0.29, 0.717) is 4.88 Å². The molecule has 0 bridgehead atoms. The van der Waals surface area contributed by atoms with Gasteiger partial charge in [0.15, 0.2) is 5.92 Å². The zero-order valence-corrected chi connectivity index (χ0v) is 14.1. The Morgan fingerprint density at radius 3 is 2.76 bits per heavy atom. The van der Waals surface area contributed by atoms with Crippen molar-refractivity contribution in [2.24, 2.45) is 10.9 Å². The van der Waals surface area contributed by atoms with Gasteiger partial charge in [0.25, 0.3) is 0 Å². The molecule has 21 heavy (non-hydrogen) atoms. The van der Waals surface area contributed by atoms with Gasteiger partial charge in [0.2, 0.25) is 0 Å². The van der Waals surface area contributed by atoms with Crippen LogP contribution < -0.4 is 0 Å². The van der Waals surface area contributed by atoms with Gasteiger partial charge in [-0.05, 0) is 34.3 Å². The topological polar surface area (TPSA) is 86.3 Å². The Hall–Kier alpha value is -1.56. The van der Waals surface area contributed by atoms with Gasteiger partial charge < -0.3 is 5.11 Å². The van der Waals surface area contributed by atoms with Gasteiger partial charge in [0, 0.05) is 16.0 Å². The van der Waals surface area contributed by atoms with Crippen molar-refractivity contribution in [1.29, 1.82) is 5.26 Å². The molecule has 0 aliphatic rings. The van der Waals surface area contributed by atoms with Gasteiger partial charge in [0.05, 0.1) is 22.7 Å². The summed E-state index contributed by atoms with van der Waals surface area (Å²) in [6.45, 7) is 1.83. The molecule has 2 aromatic heterocycles. The molecule has 0 fully saturated rings. The van der Waals surface area contributed by atoms with E-state index >= 15 is 0 Å². The number of halogens is 1. The van der Waals surface area contributed by atoms with Crippen LogP contribution in [0.1, 0.15) is 22.9 Å². The zero-order chi connectivity index (χ0) is 15.4. The molecule has 0 saturated carbocycles. The largest absolute Gasteiger partial charge is 0.480 e. The predicted octanol–water partition coefficient (Wildman–Crippen LogP) is 3.74. The predicted molar refractivity (Wildman–Crippen MR) is 85.8 cm³/mol. The highest BCUT2D eigenvalue weighted by Crippen LogP contribution is 2.29. The number of carboxylic acids is 1. The summed E-state index contributed by atoms with van der Waals surface area (Å²) in [5.74, 6) is -2.51. The maximum Gasteiger partial charge on any atom is 0.327 e. The minimum absolute atomic E-state index is 0.259. The second kappa shape index (κ2) is 6.93. The van der Waals surface area contributed by atoms with Crippen LogP contribution in [0.2, 0.25) is 0 Å². The first-order chi connectivity index (χ1) is 10.0. The van der Waals surface area contributed by atoms with Crippen LogP contribution in [0.3, 0.4) is 0 Å². The van der Waals surface area contributed by atoms with Gasteiger partial charge in [-0.15, -0.1) is 22.7 Å². The summed E-state index contributed by atoms with van der Waals surface area (Å²) in [6, 6.07) is 3.31. The van der Waals surface area contributed by atoms with Crippen LogP contribution in [0.25, 0.3) is 0 Å². The van der Waals surface area contributed by atoms with E-state index < -0.39 is 11.9 Å². The Balaban J connectivity index is 2.48. The fraction of sp³-hybridized carbons (Fsp3) is 0.231. The zero-order valence-electron chi connectivity index (χ0n) is 10.9. The van der Waals surface area contributed by atoms with Crippen molar-refractivity contribution in [1.82, 2.24) is 4.98 Å². The van der Waals surface area contributed by atoms with Gasteiger partial charge in [-0.3, -0.25) is 9.79 Å². The lowest BCUT2D eigenvalue weighted by Crippen LogP contribution is -2.23. The lowest BCUT2D eigenvalue weighted by atomic mass is 10.0. The van der Waals surface area contributed by atoms with Gasteiger partial charge >= 0.3 is 5.97 Å². The molecule has 0 amide bonds. The molecular weight excluding hydrogens is 374 g/mol.